The van der Waals surface area contributed by atoms with Crippen molar-refractivity contribution in [2.45, 2.75) is 31.9 Å². The van der Waals surface area contributed by atoms with Crippen LogP contribution >= 0.6 is 0 Å². The van der Waals surface area contributed by atoms with Crippen LogP contribution in [-0.2, 0) is 24.2 Å². The van der Waals surface area contributed by atoms with Crippen molar-refractivity contribution in [2.24, 2.45) is 0 Å². The maximum absolute atomic E-state index is 13.1. The molecule has 0 saturated heterocycles. The SMILES string of the molecule is Nc1ncc(-c2cccc(C(=O)N[C@H]3CCc4ccccc43)c2)nc1-c1n[nH]c(CCOCc2ccccc2)n1. The fourth-order valence-corrected chi connectivity index (χ4v) is 4.92. The second kappa shape index (κ2) is 11.5. The molecule has 0 unspecified atom stereocenters. The Morgan fingerprint density at radius 1 is 1.02 bits per heavy atom. The summed E-state index contributed by atoms with van der Waals surface area (Å²) in [6.07, 6.45) is 4.02. The van der Waals surface area contributed by atoms with Crippen molar-refractivity contribution in [3.63, 3.8) is 0 Å². The summed E-state index contributed by atoms with van der Waals surface area (Å²) in [5.74, 6) is 1.13. The molecule has 9 heteroatoms. The minimum absolute atomic E-state index is 0.0129. The molecule has 1 aliphatic rings. The normalized spacial score (nSPS) is 14.2. The quantitative estimate of drug-likeness (QED) is 0.235. The number of nitrogens with one attached hydrogen (secondary N) is 2. The molecule has 2 aromatic heterocycles. The summed E-state index contributed by atoms with van der Waals surface area (Å²) >= 11 is 0. The number of hydrogen-bond acceptors (Lipinski definition) is 7. The number of benzene rings is 3. The van der Waals surface area contributed by atoms with E-state index in [1.165, 1.54) is 11.1 Å². The predicted octanol–water partition coefficient (Wildman–Crippen LogP) is 4.69. The van der Waals surface area contributed by atoms with E-state index in [0.717, 1.165) is 24.0 Å². The molecule has 0 bridgehead atoms. The van der Waals surface area contributed by atoms with E-state index in [2.05, 4.69) is 37.6 Å². The molecule has 3 aromatic carbocycles. The minimum Gasteiger partial charge on any atom is -0.382 e. The van der Waals surface area contributed by atoms with Gasteiger partial charge in [-0.05, 0) is 41.7 Å². The lowest BCUT2D eigenvalue weighted by molar-refractivity contribution is 0.0936. The van der Waals surface area contributed by atoms with Gasteiger partial charge in [-0.1, -0.05) is 66.7 Å². The van der Waals surface area contributed by atoms with Crippen molar-refractivity contribution in [1.29, 1.82) is 0 Å². The first-order chi connectivity index (χ1) is 19.6. The van der Waals surface area contributed by atoms with E-state index in [1.54, 1.807) is 12.3 Å². The first-order valence-electron chi connectivity index (χ1n) is 13.3. The van der Waals surface area contributed by atoms with E-state index in [-0.39, 0.29) is 17.8 Å². The third-order valence-corrected chi connectivity index (χ3v) is 7.00. The molecule has 0 saturated carbocycles. The summed E-state index contributed by atoms with van der Waals surface area (Å²) in [5, 5.41) is 10.4. The molecule has 2 heterocycles. The van der Waals surface area contributed by atoms with Gasteiger partial charge in [-0.2, -0.15) is 5.10 Å². The number of nitrogens with two attached hydrogens (primary N) is 1. The number of anilines is 1. The van der Waals surface area contributed by atoms with Crippen LogP contribution in [0.3, 0.4) is 0 Å². The second-order valence-corrected chi connectivity index (χ2v) is 9.73. The molecular formula is C31H29N7O2. The van der Waals surface area contributed by atoms with E-state index >= 15 is 0 Å². The Balaban J connectivity index is 1.13. The number of carbonyl (C=O) groups is 1. The molecule has 1 aliphatic carbocycles. The van der Waals surface area contributed by atoms with Crippen LogP contribution in [0.1, 0.15) is 45.3 Å². The van der Waals surface area contributed by atoms with Crippen LogP contribution in [0.5, 0.6) is 0 Å². The fraction of sp³-hybridized carbons (Fsp3) is 0.194. The smallest absolute Gasteiger partial charge is 0.251 e. The zero-order valence-electron chi connectivity index (χ0n) is 21.9. The first kappa shape index (κ1) is 25.4. The molecule has 6 rings (SSSR count). The Hall–Kier alpha value is -4.89. The molecule has 1 atom stereocenters. The maximum atomic E-state index is 13.1. The van der Waals surface area contributed by atoms with Gasteiger partial charge in [0.25, 0.3) is 5.91 Å². The maximum Gasteiger partial charge on any atom is 0.251 e. The molecule has 0 aliphatic heterocycles. The Kier molecular flexibility index (Phi) is 7.28. The zero-order valence-corrected chi connectivity index (χ0v) is 21.9. The Morgan fingerprint density at radius 2 is 1.88 bits per heavy atom. The van der Waals surface area contributed by atoms with Gasteiger partial charge in [-0.3, -0.25) is 9.89 Å². The number of amides is 1. The van der Waals surface area contributed by atoms with Gasteiger partial charge in [0, 0.05) is 17.5 Å². The molecule has 0 fully saturated rings. The molecule has 200 valence electrons. The Labute approximate surface area is 231 Å². The first-order valence-corrected chi connectivity index (χ1v) is 13.3. The van der Waals surface area contributed by atoms with Crippen LogP contribution in [0, 0.1) is 0 Å². The lowest BCUT2D eigenvalue weighted by atomic mass is 10.1. The summed E-state index contributed by atoms with van der Waals surface area (Å²) in [4.78, 5) is 26.7. The molecule has 1 amide bonds. The van der Waals surface area contributed by atoms with Crippen LogP contribution < -0.4 is 11.1 Å². The van der Waals surface area contributed by atoms with E-state index in [0.29, 0.717) is 48.2 Å². The number of aryl methyl sites for hydroxylation is 1. The highest BCUT2D eigenvalue weighted by atomic mass is 16.5. The third-order valence-electron chi connectivity index (χ3n) is 7.00. The summed E-state index contributed by atoms with van der Waals surface area (Å²) in [6.45, 7) is 1.03. The van der Waals surface area contributed by atoms with Gasteiger partial charge in [0.1, 0.15) is 5.82 Å². The summed E-state index contributed by atoms with van der Waals surface area (Å²) in [6, 6.07) is 25.6. The molecular weight excluding hydrogens is 502 g/mol. The molecule has 4 N–H and O–H groups in total. The summed E-state index contributed by atoms with van der Waals surface area (Å²) in [5.41, 5.74) is 12.0. The Bertz CT molecular complexity index is 1630. The topological polar surface area (TPSA) is 132 Å². The van der Waals surface area contributed by atoms with E-state index in [4.69, 9.17) is 15.5 Å². The predicted molar refractivity (Wildman–Crippen MR) is 152 cm³/mol. The highest BCUT2D eigenvalue weighted by molar-refractivity contribution is 5.95. The minimum atomic E-state index is -0.125. The molecule has 0 spiro atoms. The van der Waals surface area contributed by atoms with Gasteiger partial charge in [-0.25, -0.2) is 15.0 Å². The van der Waals surface area contributed by atoms with Gasteiger partial charge in [0.2, 0.25) is 5.82 Å². The van der Waals surface area contributed by atoms with Crippen LogP contribution in [0.25, 0.3) is 22.8 Å². The van der Waals surface area contributed by atoms with Crippen molar-refractivity contribution >= 4 is 11.7 Å². The van der Waals surface area contributed by atoms with E-state index in [1.807, 2.05) is 60.7 Å². The number of aromatic nitrogens is 5. The third kappa shape index (κ3) is 5.60. The average Bonchev–Trinajstić information content (AvgIpc) is 3.64. The number of rotatable bonds is 9. The number of nitrogen functional groups attached to an aromatic ring is 1. The molecule has 9 nitrogen and oxygen atoms in total. The van der Waals surface area contributed by atoms with Gasteiger partial charge in [0.05, 0.1) is 31.1 Å². The highest BCUT2D eigenvalue weighted by Crippen LogP contribution is 2.31. The van der Waals surface area contributed by atoms with Crippen molar-refractivity contribution in [2.75, 3.05) is 12.3 Å². The number of H-pyrrole nitrogens is 1. The number of aromatic amines is 1. The standard InChI is InChI=1S/C31H29N7O2/c32-29-28(30-36-27(37-38-30)15-16-40-19-20-7-2-1-3-8-20)34-26(18-33-29)22-10-6-11-23(17-22)31(39)35-25-14-13-21-9-4-5-12-24(21)25/h1-12,17-18,25H,13-16,19H2,(H2,32,33)(H,35,39)(H,36,37,38)/t25-/m0/s1. The van der Waals surface area contributed by atoms with Crippen LogP contribution in [-0.4, -0.2) is 37.7 Å². The van der Waals surface area contributed by atoms with Gasteiger partial charge < -0.3 is 15.8 Å². The second-order valence-electron chi connectivity index (χ2n) is 9.73. The lowest BCUT2D eigenvalue weighted by Gasteiger charge is -2.14. The number of carbonyl (C=O) groups excluding carboxylic acids is 1. The largest absolute Gasteiger partial charge is 0.382 e. The lowest BCUT2D eigenvalue weighted by Crippen LogP contribution is -2.27. The van der Waals surface area contributed by atoms with Crippen molar-refractivity contribution in [1.82, 2.24) is 30.5 Å². The van der Waals surface area contributed by atoms with Crippen LogP contribution in [0.2, 0.25) is 0 Å². The van der Waals surface area contributed by atoms with Crippen molar-refractivity contribution in [3.05, 3.63) is 113 Å². The zero-order chi connectivity index (χ0) is 27.3. The van der Waals surface area contributed by atoms with Crippen LogP contribution in [0.4, 0.5) is 5.82 Å². The van der Waals surface area contributed by atoms with Gasteiger partial charge >= 0.3 is 0 Å². The van der Waals surface area contributed by atoms with Gasteiger partial charge in [0.15, 0.2) is 11.5 Å². The molecule has 40 heavy (non-hydrogen) atoms. The Morgan fingerprint density at radius 3 is 2.77 bits per heavy atom. The number of hydrogen-bond donors (Lipinski definition) is 3. The number of nitrogens with zero attached hydrogens (tertiary/aromatic N) is 4. The van der Waals surface area contributed by atoms with E-state index in [9.17, 15) is 4.79 Å². The molecule has 0 radical (unpaired) electrons. The fourth-order valence-electron chi connectivity index (χ4n) is 4.92. The monoisotopic (exact) mass is 531 g/mol. The van der Waals surface area contributed by atoms with Crippen LogP contribution in [0.15, 0.2) is 85.1 Å². The summed E-state index contributed by atoms with van der Waals surface area (Å²) < 4.78 is 5.76. The van der Waals surface area contributed by atoms with E-state index < -0.39 is 0 Å². The average molecular weight is 532 g/mol. The highest BCUT2D eigenvalue weighted by Gasteiger charge is 2.24. The van der Waals surface area contributed by atoms with Gasteiger partial charge in [-0.15, -0.1) is 0 Å². The number of fused-ring (bicyclic) bond motifs is 1. The van der Waals surface area contributed by atoms with Crippen molar-refractivity contribution < 1.29 is 9.53 Å². The molecule has 5 aromatic rings. The number of ether oxygens (including phenoxy) is 1. The van der Waals surface area contributed by atoms with Crippen molar-refractivity contribution in [3.8, 4) is 22.8 Å². The summed E-state index contributed by atoms with van der Waals surface area (Å²) in [7, 11) is 0.